The molecule has 1 aromatic carbocycles. The van der Waals surface area contributed by atoms with E-state index < -0.39 is 36.1 Å². The molecule has 1 aliphatic rings. The maximum atomic E-state index is 14.4. The van der Waals surface area contributed by atoms with Gasteiger partial charge in [-0.1, -0.05) is 11.6 Å². The number of benzene rings is 1. The topological polar surface area (TPSA) is 171 Å². The van der Waals surface area contributed by atoms with Gasteiger partial charge in [-0.15, -0.1) is 0 Å². The van der Waals surface area contributed by atoms with Gasteiger partial charge in [0.15, 0.2) is 17.4 Å². The molecule has 0 aliphatic carbocycles. The lowest BCUT2D eigenvalue weighted by Gasteiger charge is -2.15. The minimum Gasteiger partial charge on any atom is -0.491 e. The quantitative estimate of drug-likeness (QED) is 0.172. The lowest BCUT2D eigenvalue weighted by molar-refractivity contribution is -0.0237. The molecule has 1 saturated heterocycles. The Morgan fingerprint density at radius 1 is 1.15 bits per heavy atom. The number of aliphatic hydroxyl groups is 3. The van der Waals surface area contributed by atoms with Crippen LogP contribution in [0.4, 0.5) is 15.9 Å². The summed E-state index contributed by atoms with van der Waals surface area (Å²) in [5.41, 5.74) is 0.737. The summed E-state index contributed by atoms with van der Waals surface area (Å²) in [6, 6.07) is 5.66. The van der Waals surface area contributed by atoms with E-state index in [2.05, 4.69) is 30.9 Å². The van der Waals surface area contributed by atoms with E-state index in [-0.39, 0.29) is 41.7 Å². The van der Waals surface area contributed by atoms with Crippen molar-refractivity contribution >= 4 is 29.0 Å². The fraction of sp³-hybridized carbons (Fsp3) is 0.385. The number of carbonyl (C=O) groups is 1. The van der Waals surface area contributed by atoms with Crippen LogP contribution in [0.2, 0.25) is 5.02 Å². The normalized spacial score (nSPS) is 20.4. The number of halogens is 2. The summed E-state index contributed by atoms with van der Waals surface area (Å²) in [6.07, 6.45) is 1.13. The second-order valence-corrected chi connectivity index (χ2v) is 9.39. The lowest BCUT2D eigenvalue weighted by atomic mass is 10.1. The van der Waals surface area contributed by atoms with Crippen molar-refractivity contribution in [2.75, 3.05) is 38.7 Å². The van der Waals surface area contributed by atoms with Crippen molar-refractivity contribution in [3.63, 3.8) is 0 Å². The maximum Gasteiger partial charge on any atom is 0.255 e. The molecule has 40 heavy (non-hydrogen) atoms. The van der Waals surface area contributed by atoms with Gasteiger partial charge in [-0.3, -0.25) is 9.78 Å². The average molecular weight is 577 g/mol. The molecule has 214 valence electrons. The fourth-order valence-corrected chi connectivity index (χ4v) is 4.34. The number of methoxy groups -OCH3 is 1. The number of pyridine rings is 1. The second-order valence-electron chi connectivity index (χ2n) is 8.95. The number of aliphatic hydroxyl groups excluding tert-OH is 3. The molecule has 6 N–H and O–H groups in total. The first kappa shape index (κ1) is 29.5. The maximum absolute atomic E-state index is 14.4. The number of aromatic nitrogens is 3. The van der Waals surface area contributed by atoms with Crippen LogP contribution in [0.3, 0.4) is 0 Å². The summed E-state index contributed by atoms with van der Waals surface area (Å²) in [6.45, 7) is 0.812. The standard InChI is InChI=1S/C26H30ClFN6O6/c1-39-20-12-32-24(15-10-14(27)2-3-17(15)28)34-25(20)33-18-4-6-30-11-16(18)26(38)31-9-8-29-7-5-19-22(36)23(37)21(13-35)40-19/h2-4,6,10-12,19,21-23,29,35-37H,5,7-9,13H2,1H3,(H,31,38)(H,30,32,33,34). The van der Waals surface area contributed by atoms with E-state index in [4.69, 9.17) is 21.1 Å². The molecule has 0 saturated carbocycles. The Morgan fingerprint density at radius 3 is 2.70 bits per heavy atom. The number of nitrogens with zero attached hydrogens (tertiary/aromatic N) is 3. The second kappa shape index (κ2) is 13.7. The number of ether oxygens (including phenoxy) is 2. The predicted octanol–water partition coefficient (Wildman–Crippen LogP) is 1.27. The van der Waals surface area contributed by atoms with Crippen LogP contribution in [0.15, 0.2) is 42.9 Å². The molecule has 4 rings (SSSR count). The molecule has 1 fully saturated rings. The molecular formula is C26H30ClFN6O6. The van der Waals surface area contributed by atoms with Crippen LogP contribution >= 0.6 is 11.6 Å². The van der Waals surface area contributed by atoms with Gasteiger partial charge >= 0.3 is 0 Å². The van der Waals surface area contributed by atoms with Crippen molar-refractivity contribution in [2.45, 2.75) is 30.8 Å². The zero-order valence-electron chi connectivity index (χ0n) is 21.6. The molecule has 4 unspecified atom stereocenters. The summed E-state index contributed by atoms with van der Waals surface area (Å²) >= 11 is 6.02. The smallest absolute Gasteiger partial charge is 0.255 e. The van der Waals surface area contributed by atoms with Crippen molar-refractivity contribution in [1.29, 1.82) is 0 Å². The number of amides is 1. The van der Waals surface area contributed by atoms with Gasteiger partial charge in [-0.25, -0.2) is 14.4 Å². The molecule has 0 spiro atoms. The highest BCUT2D eigenvalue weighted by atomic mass is 35.5. The Hall–Kier alpha value is -3.46. The summed E-state index contributed by atoms with van der Waals surface area (Å²) in [5, 5.41) is 38.3. The summed E-state index contributed by atoms with van der Waals surface area (Å²) in [4.78, 5) is 25.5. The van der Waals surface area contributed by atoms with Gasteiger partial charge < -0.3 is 40.7 Å². The number of hydrogen-bond donors (Lipinski definition) is 6. The number of rotatable bonds is 12. The van der Waals surface area contributed by atoms with E-state index >= 15 is 0 Å². The van der Waals surface area contributed by atoms with Crippen molar-refractivity contribution in [1.82, 2.24) is 25.6 Å². The molecule has 14 heteroatoms. The van der Waals surface area contributed by atoms with Crippen LogP contribution in [-0.2, 0) is 4.74 Å². The van der Waals surface area contributed by atoms with Crippen LogP contribution in [0.1, 0.15) is 16.8 Å². The highest BCUT2D eigenvalue weighted by Crippen LogP contribution is 2.30. The zero-order chi connectivity index (χ0) is 28.6. The molecule has 0 radical (unpaired) electrons. The van der Waals surface area contributed by atoms with Gasteiger partial charge in [-0.2, -0.15) is 0 Å². The summed E-state index contributed by atoms with van der Waals surface area (Å²) in [7, 11) is 1.43. The van der Waals surface area contributed by atoms with E-state index in [0.717, 1.165) is 0 Å². The van der Waals surface area contributed by atoms with Crippen molar-refractivity contribution < 1.29 is 34.0 Å². The lowest BCUT2D eigenvalue weighted by Crippen LogP contribution is -2.36. The van der Waals surface area contributed by atoms with Crippen LogP contribution in [-0.4, -0.2) is 93.9 Å². The highest BCUT2D eigenvalue weighted by Gasteiger charge is 2.41. The molecule has 12 nitrogen and oxygen atoms in total. The Labute approximate surface area is 234 Å². The number of nitrogens with one attached hydrogen (secondary N) is 3. The number of anilines is 2. The Balaban J connectivity index is 1.35. The van der Waals surface area contributed by atoms with Gasteiger partial charge in [0, 0.05) is 30.5 Å². The van der Waals surface area contributed by atoms with E-state index in [9.17, 15) is 24.5 Å². The molecule has 1 aliphatic heterocycles. The van der Waals surface area contributed by atoms with E-state index in [1.54, 1.807) is 6.07 Å². The monoisotopic (exact) mass is 576 g/mol. The number of hydrogen-bond acceptors (Lipinski definition) is 11. The third-order valence-corrected chi connectivity index (χ3v) is 6.53. The minimum atomic E-state index is -1.12. The van der Waals surface area contributed by atoms with Gasteiger partial charge in [0.2, 0.25) is 0 Å². The first-order valence-corrected chi connectivity index (χ1v) is 12.9. The van der Waals surface area contributed by atoms with E-state index in [1.807, 2.05) is 0 Å². The first-order valence-electron chi connectivity index (χ1n) is 12.5. The molecule has 2 aromatic heterocycles. The highest BCUT2D eigenvalue weighted by molar-refractivity contribution is 6.30. The van der Waals surface area contributed by atoms with E-state index in [1.165, 1.54) is 43.9 Å². The van der Waals surface area contributed by atoms with Crippen LogP contribution < -0.4 is 20.7 Å². The minimum absolute atomic E-state index is 0.0753. The Morgan fingerprint density at radius 2 is 1.95 bits per heavy atom. The van der Waals surface area contributed by atoms with Gasteiger partial charge in [0.05, 0.1) is 42.8 Å². The third kappa shape index (κ3) is 6.99. The molecule has 0 bridgehead atoms. The fourth-order valence-electron chi connectivity index (χ4n) is 4.16. The van der Waals surface area contributed by atoms with Crippen molar-refractivity contribution in [3.8, 4) is 17.1 Å². The summed E-state index contributed by atoms with van der Waals surface area (Å²) in [5.74, 6) is -0.384. The van der Waals surface area contributed by atoms with Gasteiger partial charge in [0.1, 0.15) is 24.1 Å². The Bertz CT molecular complexity index is 1320. The molecular weight excluding hydrogens is 547 g/mol. The van der Waals surface area contributed by atoms with Crippen LogP contribution in [0.5, 0.6) is 5.75 Å². The first-order chi connectivity index (χ1) is 19.3. The van der Waals surface area contributed by atoms with Crippen molar-refractivity contribution in [3.05, 3.63) is 59.3 Å². The predicted molar refractivity (Wildman–Crippen MR) is 144 cm³/mol. The molecule has 4 atom stereocenters. The van der Waals surface area contributed by atoms with Gasteiger partial charge in [-0.05, 0) is 37.2 Å². The SMILES string of the molecule is COc1cnc(-c2cc(Cl)ccc2F)nc1Nc1ccncc1C(=O)NCCNCCC1OC(CO)C(O)C1O. The third-order valence-electron chi connectivity index (χ3n) is 6.30. The van der Waals surface area contributed by atoms with Crippen LogP contribution in [0.25, 0.3) is 11.4 Å². The molecule has 3 aromatic rings. The largest absolute Gasteiger partial charge is 0.491 e. The average Bonchev–Trinajstić information content (AvgIpc) is 3.24. The summed E-state index contributed by atoms with van der Waals surface area (Å²) < 4.78 is 25.2. The molecule has 3 heterocycles. The van der Waals surface area contributed by atoms with Gasteiger partial charge in [0.25, 0.3) is 5.91 Å². The Kier molecular flexibility index (Phi) is 10.1. The number of carbonyl (C=O) groups excluding carboxylic acids is 1. The zero-order valence-corrected chi connectivity index (χ0v) is 22.3. The molecule has 1 amide bonds. The van der Waals surface area contributed by atoms with Crippen molar-refractivity contribution in [2.24, 2.45) is 0 Å². The van der Waals surface area contributed by atoms with Crippen LogP contribution in [0, 0.1) is 5.82 Å². The van der Waals surface area contributed by atoms with E-state index in [0.29, 0.717) is 30.2 Å².